The number of hydrogen-bond donors (Lipinski definition) is 1. The second-order valence-corrected chi connectivity index (χ2v) is 4.50. The largest absolute Gasteiger partial charge is 0.377 e. The number of ketones is 1. The molecule has 0 aromatic heterocycles. The third-order valence-electron chi connectivity index (χ3n) is 2.51. The maximum Gasteiger partial charge on any atom is 0.191 e. The van der Waals surface area contributed by atoms with Crippen molar-refractivity contribution in [2.24, 2.45) is 5.41 Å². The molecule has 0 aliphatic heterocycles. The molecule has 1 aliphatic rings. The summed E-state index contributed by atoms with van der Waals surface area (Å²) in [4.78, 5) is 11.4. The molecule has 2 heteroatoms. The van der Waals surface area contributed by atoms with Crippen LogP contribution in [0.5, 0.6) is 0 Å². The number of rotatable bonds is 1. The highest BCUT2D eigenvalue weighted by Gasteiger charge is 2.42. The lowest BCUT2D eigenvalue weighted by Crippen LogP contribution is -2.44. The Labute approximate surface area is 79.0 Å². The van der Waals surface area contributed by atoms with Gasteiger partial charge < -0.3 is 5.11 Å². The molecule has 1 aliphatic carbocycles. The Bertz CT molecular complexity index is 286. The van der Waals surface area contributed by atoms with Crippen LogP contribution < -0.4 is 0 Å². The van der Waals surface area contributed by atoms with E-state index in [0.717, 1.165) is 0 Å². The first kappa shape index (κ1) is 10.2. The van der Waals surface area contributed by atoms with Gasteiger partial charge >= 0.3 is 0 Å². The second kappa shape index (κ2) is 2.81. The number of carbonyl (C=O) groups excluding carboxylic acids is 1. The minimum Gasteiger partial charge on any atom is -0.377 e. The molecule has 72 valence electrons. The molecule has 13 heavy (non-hydrogen) atoms. The maximum absolute atomic E-state index is 11.4. The van der Waals surface area contributed by atoms with Crippen molar-refractivity contribution in [1.82, 2.24) is 0 Å². The van der Waals surface area contributed by atoms with Crippen LogP contribution >= 0.6 is 0 Å². The molecule has 0 amide bonds. The van der Waals surface area contributed by atoms with Gasteiger partial charge in [0, 0.05) is 0 Å². The fourth-order valence-corrected chi connectivity index (χ4v) is 1.61. The summed E-state index contributed by atoms with van der Waals surface area (Å²) in [6, 6.07) is 0. The number of carbonyl (C=O) groups is 1. The van der Waals surface area contributed by atoms with Crippen molar-refractivity contribution in [3.63, 3.8) is 0 Å². The zero-order valence-corrected chi connectivity index (χ0v) is 8.42. The van der Waals surface area contributed by atoms with Crippen molar-refractivity contribution < 1.29 is 9.90 Å². The van der Waals surface area contributed by atoms with E-state index in [1.807, 2.05) is 19.9 Å². The second-order valence-electron chi connectivity index (χ2n) is 4.50. The highest BCUT2D eigenvalue weighted by molar-refractivity contribution is 6.00. The van der Waals surface area contributed by atoms with Crippen molar-refractivity contribution in [3.8, 4) is 0 Å². The molecule has 1 rings (SSSR count). The van der Waals surface area contributed by atoms with Gasteiger partial charge in [0.1, 0.15) is 5.60 Å². The summed E-state index contributed by atoms with van der Waals surface area (Å²) >= 11 is 0. The van der Waals surface area contributed by atoms with E-state index in [1.165, 1.54) is 6.08 Å². The zero-order valence-electron chi connectivity index (χ0n) is 8.42. The van der Waals surface area contributed by atoms with Gasteiger partial charge in [-0.1, -0.05) is 26.5 Å². The Hall–Kier alpha value is -0.890. The van der Waals surface area contributed by atoms with E-state index in [-0.39, 0.29) is 11.2 Å². The molecule has 1 atom stereocenters. The van der Waals surface area contributed by atoms with Gasteiger partial charge in [-0.05, 0) is 30.4 Å². The summed E-state index contributed by atoms with van der Waals surface area (Å²) in [6.07, 6.45) is 3.72. The predicted octanol–water partition coefficient (Wildman–Crippen LogP) is 1.85. The summed E-state index contributed by atoms with van der Waals surface area (Å²) < 4.78 is 0. The van der Waals surface area contributed by atoms with Crippen LogP contribution in [0.1, 0.15) is 27.2 Å². The van der Waals surface area contributed by atoms with E-state index in [0.29, 0.717) is 12.0 Å². The lowest BCUT2D eigenvalue weighted by atomic mass is 9.71. The van der Waals surface area contributed by atoms with E-state index in [9.17, 15) is 9.90 Å². The number of hydrogen-bond acceptors (Lipinski definition) is 2. The summed E-state index contributed by atoms with van der Waals surface area (Å²) in [5.74, 6) is -0.251. The van der Waals surface area contributed by atoms with Crippen LogP contribution in [-0.4, -0.2) is 16.5 Å². The summed E-state index contributed by atoms with van der Waals surface area (Å²) in [5, 5.41) is 10.1. The monoisotopic (exact) mass is 180 g/mol. The SMILES string of the molecule is C=C(C)C1(O)CC(C)(C)C=CC1=O. The molecule has 0 bridgehead atoms. The van der Waals surface area contributed by atoms with E-state index in [2.05, 4.69) is 6.58 Å². The minimum atomic E-state index is -1.35. The average molecular weight is 180 g/mol. The Balaban J connectivity index is 3.09. The molecular formula is C11H16O2. The lowest BCUT2D eigenvalue weighted by Gasteiger charge is -2.36. The summed E-state index contributed by atoms with van der Waals surface area (Å²) in [5.41, 5.74) is -0.963. The van der Waals surface area contributed by atoms with Crippen molar-refractivity contribution in [2.45, 2.75) is 32.8 Å². The van der Waals surface area contributed by atoms with Crippen LogP contribution in [0.15, 0.2) is 24.3 Å². The molecule has 0 fully saturated rings. The fraction of sp³-hybridized carbons (Fsp3) is 0.545. The van der Waals surface area contributed by atoms with Gasteiger partial charge in [-0.2, -0.15) is 0 Å². The molecule has 0 heterocycles. The lowest BCUT2D eigenvalue weighted by molar-refractivity contribution is -0.131. The van der Waals surface area contributed by atoms with E-state index in [4.69, 9.17) is 0 Å². The Morgan fingerprint density at radius 2 is 2.15 bits per heavy atom. The number of aliphatic hydroxyl groups is 1. The standard InChI is InChI=1S/C11H16O2/c1-8(2)11(13)7-10(3,4)6-5-9(11)12/h5-6,13H,1,7H2,2-4H3. The van der Waals surface area contributed by atoms with Crippen molar-refractivity contribution in [1.29, 1.82) is 0 Å². The van der Waals surface area contributed by atoms with Gasteiger partial charge in [-0.15, -0.1) is 0 Å². The van der Waals surface area contributed by atoms with Gasteiger partial charge in [0.2, 0.25) is 0 Å². The van der Waals surface area contributed by atoms with Crippen molar-refractivity contribution in [2.75, 3.05) is 0 Å². The van der Waals surface area contributed by atoms with E-state index < -0.39 is 5.60 Å². The van der Waals surface area contributed by atoms with Crippen LogP contribution in [0.3, 0.4) is 0 Å². The molecular weight excluding hydrogens is 164 g/mol. The third kappa shape index (κ3) is 1.73. The zero-order chi connectivity index (χ0) is 10.3. The smallest absolute Gasteiger partial charge is 0.191 e. The van der Waals surface area contributed by atoms with Gasteiger partial charge in [0.05, 0.1) is 0 Å². The van der Waals surface area contributed by atoms with Crippen molar-refractivity contribution in [3.05, 3.63) is 24.3 Å². The summed E-state index contributed by atoms with van der Waals surface area (Å²) in [6.45, 7) is 9.33. The highest BCUT2D eigenvalue weighted by atomic mass is 16.3. The molecule has 0 radical (unpaired) electrons. The normalized spacial score (nSPS) is 31.8. The predicted molar refractivity (Wildman–Crippen MR) is 52.3 cm³/mol. The molecule has 0 aromatic rings. The Morgan fingerprint density at radius 3 is 2.54 bits per heavy atom. The molecule has 0 spiro atoms. The fourth-order valence-electron chi connectivity index (χ4n) is 1.61. The number of allylic oxidation sites excluding steroid dienone is 1. The first-order chi connectivity index (χ1) is 5.78. The van der Waals surface area contributed by atoms with Crippen LogP contribution in [0.2, 0.25) is 0 Å². The first-order valence-corrected chi connectivity index (χ1v) is 4.40. The topological polar surface area (TPSA) is 37.3 Å². The minimum absolute atomic E-state index is 0.137. The molecule has 0 saturated heterocycles. The van der Waals surface area contributed by atoms with Gasteiger partial charge in [-0.3, -0.25) is 4.79 Å². The van der Waals surface area contributed by atoms with Crippen LogP contribution in [0.25, 0.3) is 0 Å². The Morgan fingerprint density at radius 1 is 1.62 bits per heavy atom. The maximum atomic E-state index is 11.4. The van der Waals surface area contributed by atoms with Gasteiger partial charge in [0.15, 0.2) is 5.78 Å². The van der Waals surface area contributed by atoms with Gasteiger partial charge in [-0.25, -0.2) is 0 Å². The van der Waals surface area contributed by atoms with Crippen LogP contribution in [0.4, 0.5) is 0 Å². The quantitative estimate of drug-likeness (QED) is 0.625. The summed E-state index contributed by atoms with van der Waals surface area (Å²) in [7, 11) is 0. The Kier molecular flexibility index (Phi) is 2.20. The average Bonchev–Trinajstić information content (AvgIpc) is 1.97. The van der Waals surface area contributed by atoms with E-state index in [1.54, 1.807) is 6.92 Å². The highest BCUT2D eigenvalue weighted by Crippen LogP contribution is 2.37. The van der Waals surface area contributed by atoms with Crippen molar-refractivity contribution >= 4 is 5.78 Å². The third-order valence-corrected chi connectivity index (χ3v) is 2.51. The molecule has 0 aromatic carbocycles. The van der Waals surface area contributed by atoms with Crippen LogP contribution in [0, 0.1) is 5.41 Å². The first-order valence-electron chi connectivity index (χ1n) is 4.40. The molecule has 1 N–H and O–H groups in total. The molecule has 0 saturated carbocycles. The van der Waals surface area contributed by atoms with Gasteiger partial charge in [0.25, 0.3) is 0 Å². The van der Waals surface area contributed by atoms with E-state index >= 15 is 0 Å². The molecule has 1 unspecified atom stereocenters. The molecule has 2 nitrogen and oxygen atoms in total. The van der Waals surface area contributed by atoms with Crippen LogP contribution in [-0.2, 0) is 4.79 Å².